The summed E-state index contributed by atoms with van der Waals surface area (Å²) in [4.78, 5) is 8.97. The average Bonchev–Trinajstić information content (AvgIpc) is 3.49. The third kappa shape index (κ3) is 5.71. The fourth-order valence-electron chi connectivity index (χ4n) is 4.35. The molecule has 1 aliphatic heterocycles. The number of methoxy groups -OCH3 is 1. The zero-order valence-electron chi connectivity index (χ0n) is 22.0. The highest BCUT2D eigenvalue weighted by Crippen LogP contribution is 2.37. The molecule has 206 valence electrons. The minimum Gasteiger partial charge on any atom is -0.491 e. The van der Waals surface area contributed by atoms with Crippen LogP contribution in [0.15, 0.2) is 41.6 Å². The van der Waals surface area contributed by atoms with Gasteiger partial charge in [-0.1, -0.05) is 0 Å². The molecule has 0 aliphatic carbocycles. The van der Waals surface area contributed by atoms with Crippen LogP contribution < -0.4 is 15.4 Å². The number of benzene rings is 1. The number of nitrogens with one attached hydrogen (secondary N) is 2. The topological polar surface area (TPSA) is 138 Å². The highest BCUT2D eigenvalue weighted by atomic mass is 32.2. The maximum atomic E-state index is 14.8. The lowest BCUT2D eigenvalue weighted by Gasteiger charge is -2.23. The largest absolute Gasteiger partial charge is 0.491 e. The van der Waals surface area contributed by atoms with E-state index in [9.17, 15) is 12.8 Å². The molecule has 1 fully saturated rings. The molecule has 2 N–H and O–H groups in total. The van der Waals surface area contributed by atoms with Crippen molar-refractivity contribution in [1.29, 1.82) is 0 Å². The van der Waals surface area contributed by atoms with Crippen molar-refractivity contribution >= 4 is 33.1 Å². The molecule has 1 saturated heterocycles. The number of aromatic nitrogens is 6. The molecule has 12 nitrogen and oxygen atoms in total. The summed E-state index contributed by atoms with van der Waals surface area (Å²) in [6.07, 6.45) is 7.24. The Labute approximate surface area is 225 Å². The van der Waals surface area contributed by atoms with Gasteiger partial charge in [0.15, 0.2) is 33.5 Å². The maximum Gasteiger partial charge on any atom is 0.230 e. The van der Waals surface area contributed by atoms with Crippen LogP contribution >= 0.6 is 0 Å². The van der Waals surface area contributed by atoms with Gasteiger partial charge in [0.1, 0.15) is 11.5 Å². The molecule has 4 heterocycles. The van der Waals surface area contributed by atoms with Gasteiger partial charge < -0.3 is 20.1 Å². The van der Waals surface area contributed by atoms with Crippen molar-refractivity contribution in [3.05, 3.63) is 48.2 Å². The first-order valence-electron chi connectivity index (χ1n) is 12.3. The Kier molecular flexibility index (Phi) is 7.23. The van der Waals surface area contributed by atoms with Crippen molar-refractivity contribution in [3.63, 3.8) is 0 Å². The minimum atomic E-state index is -3.57. The Morgan fingerprint density at radius 2 is 2.00 bits per heavy atom. The maximum absolute atomic E-state index is 14.8. The van der Waals surface area contributed by atoms with Crippen LogP contribution in [0.5, 0.6) is 5.75 Å². The number of halogens is 1. The van der Waals surface area contributed by atoms with Crippen molar-refractivity contribution in [3.8, 4) is 17.0 Å². The highest BCUT2D eigenvalue weighted by Gasteiger charge is 2.23. The number of hydrogen-bond acceptors (Lipinski definition) is 10. The zero-order valence-corrected chi connectivity index (χ0v) is 22.8. The van der Waals surface area contributed by atoms with Crippen molar-refractivity contribution < 1.29 is 22.3 Å². The summed E-state index contributed by atoms with van der Waals surface area (Å²) in [5, 5.41) is 15.0. The minimum absolute atomic E-state index is 0.00484. The van der Waals surface area contributed by atoms with Crippen molar-refractivity contribution in [2.45, 2.75) is 37.3 Å². The smallest absolute Gasteiger partial charge is 0.230 e. The lowest BCUT2D eigenvalue weighted by atomic mass is 10.2. The molecular weight excluding hydrogens is 527 g/mol. The van der Waals surface area contributed by atoms with Crippen LogP contribution in [0.2, 0.25) is 0 Å². The summed E-state index contributed by atoms with van der Waals surface area (Å²) in [5.74, 6) is 0.427. The predicted octanol–water partition coefficient (Wildman–Crippen LogP) is 4.12. The van der Waals surface area contributed by atoms with Gasteiger partial charge in [0.2, 0.25) is 5.95 Å². The van der Waals surface area contributed by atoms with Gasteiger partial charge in [0.25, 0.3) is 0 Å². The van der Waals surface area contributed by atoms with Crippen LogP contribution in [0.25, 0.3) is 11.3 Å². The van der Waals surface area contributed by atoms with Gasteiger partial charge in [-0.2, -0.15) is 15.2 Å². The van der Waals surface area contributed by atoms with Gasteiger partial charge in [0.05, 0.1) is 23.9 Å². The van der Waals surface area contributed by atoms with Crippen molar-refractivity contribution in [1.82, 2.24) is 29.5 Å². The second-order valence-corrected chi connectivity index (χ2v) is 11.3. The molecule has 0 spiro atoms. The average molecular weight is 557 g/mol. The van der Waals surface area contributed by atoms with Gasteiger partial charge in [-0.3, -0.25) is 4.68 Å². The van der Waals surface area contributed by atoms with E-state index in [4.69, 9.17) is 9.47 Å². The molecule has 0 bridgehead atoms. The molecule has 1 aromatic carbocycles. The van der Waals surface area contributed by atoms with Crippen LogP contribution in [0.3, 0.4) is 0 Å². The fraction of sp³-hybridized carbons (Fsp3) is 0.360. The summed E-state index contributed by atoms with van der Waals surface area (Å²) in [6, 6.07) is 5.46. The molecule has 1 unspecified atom stereocenters. The van der Waals surface area contributed by atoms with E-state index in [2.05, 4.69) is 30.8 Å². The molecular formula is C25H29FN8O4S. The molecule has 39 heavy (non-hydrogen) atoms. The molecule has 5 rings (SSSR count). The molecule has 1 atom stereocenters. The van der Waals surface area contributed by atoms with E-state index in [0.717, 1.165) is 37.3 Å². The first kappa shape index (κ1) is 26.6. The molecule has 1 aliphatic rings. The standard InChI is InChI=1S/C25H29FN8O4S/c1-15-11-20(32-34(15)21-7-5-6-10-38-21)29-24-23(37-3)22(16-13-27-33(2)14-16)30-25(31-24)28-19-9-8-17(12-18(19)26)39(4,35)36/h8-9,11-14,21H,5-7,10H2,1-4H3,(H2,28,29,30,31,32). The highest BCUT2D eigenvalue weighted by molar-refractivity contribution is 7.90. The number of anilines is 4. The quantitative estimate of drug-likeness (QED) is 0.326. The van der Waals surface area contributed by atoms with Gasteiger partial charge >= 0.3 is 0 Å². The van der Waals surface area contributed by atoms with Crippen LogP contribution in [0, 0.1) is 12.7 Å². The Balaban J connectivity index is 1.54. The van der Waals surface area contributed by atoms with E-state index in [-0.39, 0.29) is 28.6 Å². The number of nitrogens with zero attached hydrogens (tertiary/aromatic N) is 6. The zero-order chi connectivity index (χ0) is 27.7. The van der Waals surface area contributed by atoms with E-state index in [1.54, 1.807) is 24.1 Å². The SMILES string of the molecule is COc1c(Nc2cc(C)n(C3CCCCO3)n2)nc(Nc2ccc(S(C)(=O)=O)cc2F)nc1-c1cnn(C)c1. The number of aryl methyl sites for hydroxylation is 2. The number of rotatable bonds is 8. The third-order valence-electron chi connectivity index (χ3n) is 6.26. The van der Waals surface area contributed by atoms with Gasteiger partial charge in [0, 0.05) is 43.4 Å². The lowest BCUT2D eigenvalue weighted by Crippen LogP contribution is -2.20. The number of ether oxygens (including phenoxy) is 2. The van der Waals surface area contributed by atoms with Crippen LogP contribution in [0.1, 0.15) is 31.2 Å². The normalized spacial score (nSPS) is 15.8. The second kappa shape index (κ2) is 10.6. The van der Waals surface area contributed by atoms with E-state index < -0.39 is 15.7 Å². The molecule has 0 amide bonds. The number of sulfone groups is 1. The fourth-order valence-corrected chi connectivity index (χ4v) is 4.98. The number of hydrogen-bond donors (Lipinski definition) is 2. The van der Waals surface area contributed by atoms with E-state index in [1.165, 1.54) is 19.2 Å². The summed E-state index contributed by atoms with van der Waals surface area (Å²) in [6.45, 7) is 2.64. The van der Waals surface area contributed by atoms with Crippen LogP contribution in [0.4, 0.5) is 27.7 Å². The molecule has 4 aromatic rings. The summed E-state index contributed by atoms with van der Waals surface area (Å²) < 4.78 is 53.5. The summed E-state index contributed by atoms with van der Waals surface area (Å²) in [7, 11) is -0.293. The predicted molar refractivity (Wildman–Crippen MR) is 143 cm³/mol. The molecule has 14 heteroatoms. The van der Waals surface area contributed by atoms with Crippen molar-refractivity contribution in [2.24, 2.45) is 7.05 Å². The first-order chi connectivity index (χ1) is 18.6. The Hall–Kier alpha value is -4.04. The van der Waals surface area contributed by atoms with E-state index >= 15 is 0 Å². The molecule has 0 saturated carbocycles. The lowest BCUT2D eigenvalue weighted by molar-refractivity contribution is -0.0404. The van der Waals surface area contributed by atoms with Gasteiger partial charge in [-0.05, 0) is 44.4 Å². The van der Waals surface area contributed by atoms with E-state index in [0.29, 0.717) is 29.4 Å². The van der Waals surface area contributed by atoms with Gasteiger partial charge in [-0.25, -0.2) is 22.5 Å². The first-order valence-corrected chi connectivity index (χ1v) is 14.2. The Morgan fingerprint density at radius 3 is 2.64 bits per heavy atom. The van der Waals surface area contributed by atoms with E-state index in [1.807, 2.05) is 17.7 Å². The van der Waals surface area contributed by atoms with Gasteiger partial charge in [-0.15, -0.1) is 0 Å². The second-order valence-electron chi connectivity index (χ2n) is 9.28. The molecule has 3 aromatic heterocycles. The third-order valence-corrected chi connectivity index (χ3v) is 7.37. The summed E-state index contributed by atoms with van der Waals surface area (Å²) >= 11 is 0. The Bertz CT molecular complexity index is 1610. The van der Waals surface area contributed by atoms with Crippen molar-refractivity contribution in [2.75, 3.05) is 30.6 Å². The summed E-state index contributed by atoms with van der Waals surface area (Å²) in [5.41, 5.74) is 1.97. The van der Waals surface area contributed by atoms with Crippen LogP contribution in [-0.2, 0) is 21.6 Å². The van der Waals surface area contributed by atoms with Crippen LogP contribution in [-0.4, -0.2) is 57.9 Å². The molecule has 0 radical (unpaired) electrons. The monoisotopic (exact) mass is 556 g/mol. The Morgan fingerprint density at radius 1 is 1.18 bits per heavy atom.